The van der Waals surface area contributed by atoms with Crippen molar-refractivity contribution in [2.45, 2.75) is 63.4 Å². The molecule has 2 rings (SSSR count). The number of nitrogens with zero attached hydrogens (tertiary/aromatic N) is 1. The zero-order valence-electron chi connectivity index (χ0n) is 11.7. The third-order valence-electron chi connectivity index (χ3n) is 3.92. The van der Waals surface area contributed by atoms with E-state index in [1.165, 1.54) is 37.8 Å². The minimum absolute atomic E-state index is 0.723. The molecule has 0 aliphatic heterocycles. The van der Waals surface area contributed by atoms with E-state index in [4.69, 9.17) is 0 Å². The number of rotatable bonds is 6. The van der Waals surface area contributed by atoms with Gasteiger partial charge in [0.05, 0.1) is 0 Å². The molecular formula is C15H26N2S. The van der Waals surface area contributed by atoms with Crippen molar-refractivity contribution in [1.82, 2.24) is 9.88 Å². The van der Waals surface area contributed by atoms with Crippen LogP contribution < -0.4 is 5.32 Å². The summed E-state index contributed by atoms with van der Waals surface area (Å²) >= 11 is 2.04. The summed E-state index contributed by atoms with van der Waals surface area (Å²) in [5.41, 5.74) is 1.43. The Hall–Kier alpha value is -0.410. The molecule has 3 heteroatoms. The zero-order chi connectivity index (χ0) is 12.8. The summed E-state index contributed by atoms with van der Waals surface area (Å²) in [5.74, 6) is 0. The van der Waals surface area contributed by atoms with Crippen LogP contribution in [0.2, 0.25) is 0 Å². The average molecular weight is 266 g/mol. The van der Waals surface area contributed by atoms with Gasteiger partial charge in [0, 0.05) is 36.3 Å². The van der Waals surface area contributed by atoms with Gasteiger partial charge in [-0.05, 0) is 44.1 Å². The Balaban J connectivity index is 1.81. The van der Waals surface area contributed by atoms with E-state index in [0.717, 1.165) is 24.4 Å². The highest BCUT2D eigenvalue weighted by molar-refractivity contribution is 7.99. The van der Waals surface area contributed by atoms with Crippen LogP contribution in [0.5, 0.6) is 0 Å². The Morgan fingerprint density at radius 2 is 2.33 bits per heavy atom. The van der Waals surface area contributed by atoms with Crippen LogP contribution in [-0.4, -0.2) is 22.1 Å². The summed E-state index contributed by atoms with van der Waals surface area (Å²) in [6, 6.07) is 5.14. The van der Waals surface area contributed by atoms with E-state index >= 15 is 0 Å². The Labute approximate surface area is 116 Å². The van der Waals surface area contributed by atoms with E-state index in [1.807, 2.05) is 11.8 Å². The summed E-state index contributed by atoms with van der Waals surface area (Å²) in [7, 11) is 0. The smallest absolute Gasteiger partial charge is 0.0361 e. The molecule has 1 aliphatic rings. The largest absolute Gasteiger partial charge is 0.350 e. The topological polar surface area (TPSA) is 17.0 Å². The highest BCUT2D eigenvalue weighted by atomic mass is 32.2. The van der Waals surface area contributed by atoms with Crippen molar-refractivity contribution < 1.29 is 0 Å². The molecule has 1 N–H and O–H groups in total. The van der Waals surface area contributed by atoms with Gasteiger partial charge in [0.1, 0.15) is 0 Å². The van der Waals surface area contributed by atoms with Crippen LogP contribution in [0.15, 0.2) is 18.3 Å². The van der Waals surface area contributed by atoms with Crippen LogP contribution in [-0.2, 0) is 13.1 Å². The molecule has 1 heterocycles. The van der Waals surface area contributed by atoms with E-state index in [-0.39, 0.29) is 0 Å². The standard InChI is InChI=1S/C15H26N2S/c1-3-9-17-10-5-7-14(17)12-16-13-6-4-8-15(11-13)18-2/h5,7,10,13,15-16H,3-4,6,8-9,11-12H2,1-2H3. The number of thioether (sulfide) groups is 1. The zero-order valence-corrected chi connectivity index (χ0v) is 12.5. The van der Waals surface area contributed by atoms with Crippen LogP contribution in [0.4, 0.5) is 0 Å². The number of aromatic nitrogens is 1. The van der Waals surface area contributed by atoms with Gasteiger partial charge in [-0.3, -0.25) is 0 Å². The van der Waals surface area contributed by atoms with Gasteiger partial charge in [-0.2, -0.15) is 11.8 Å². The number of aryl methyl sites for hydroxylation is 1. The van der Waals surface area contributed by atoms with E-state index in [0.29, 0.717) is 0 Å². The van der Waals surface area contributed by atoms with Crippen LogP contribution in [0.1, 0.15) is 44.7 Å². The normalized spacial score (nSPS) is 24.3. The second-order valence-electron chi connectivity index (χ2n) is 5.30. The molecule has 1 aromatic heterocycles. The molecule has 0 radical (unpaired) electrons. The molecule has 0 aromatic carbocycles. The Morgan fingerprint density at radius 3 is 3.11 bits per heavy atom. The second-order valence-corrected chi connectivity index (χ2v) is 6.43. The number of hydrogen-bond acceptors (Lipinski definition) is 2. The summed E-state index contributed by atoms with van der Waals surface area (Å²) in [5, 5.41) is 4.63. The van der Waals surface area contributed by atoms with Crippen LogP contribution >= 0.6 is 11.8 Å². The van der Waals surface area contributed by atoms with Crippen molar-refractivity contribution in [2.24, 2.45) is 0 Å². The van der Waals surface area contributed by atoms with Crippen molar-refractivity contribution in [3.63, 3.8) is 0 Å². The van der Waals surface area contributed by atoms with Crippen LogP contribution in [0.25, 0.3) is 0 Å². The third-order valence-corrected chi connectivity index (χ3v) is 5.01. The highest BCUT2D eigenvalue weighted by Crippen LogP contribution is 2.27. The molecular weight excluding hydrogens is 240 g/mol. The summed E-state index contributed by atoms with van der Waals surface area (Å²) in [4.78, 5) is 0. The molecule has 1 saturated carbocycles. The molecule has 2 nitrogen and oxygen atoms in total. The molecule has 102 valence electrons. The molecule has 0 saturated heterocycles. The number of nitrogens with one attached hydrogen (secondary N) is 1. The lowest BCUT2D eigenvalue weighted by atomic mass is 9.95. The molecule has 1 aromatic rings. The van der Waals surface area contributed by atoms with Gasteiger partial charge in [0.25, 0.3) is 0 Å². The predicted octanol–water partition coefficient (Wildman–Crippen LogP) is 3.66. The maximum atomic E-state index is 3.75. The van der Waals surface area contributed by atoms with Gasteiger partial charge in [-0.25, -0.2) is 0 Å². The SMILES string of the molecule is CCCn1cccc1CNC1CCCC(SC)C1. The van der Waals surface area contributed by atoms with Crippen molar-refractivity contribution in [1.29, 1.82) is 0 Å². The molecule has 18 heavy (non-hydrogen) atoms. The first-order valence-electron chi connectivity index (χ1n) is 7.23. The number of hydrogen-bond donors (Lipinski definition) is 1. The fourth-order valence-electron chi connectivity index (χ4n) is 2.86. The minimum atomic E-state index is 0.723. The van der Waals surface area contributed by atoms with Crippen molar-refractivity contribution >= 4 is 11.8 Å². The Bertz CT molecular complexity index is 348. The maximum absolute atomic E-state index is 3.75. The van der Waals surface area contributed by atoms with Gasteiger partial charge in [0.15, 0.2) is 0 Å². The highest BCUT2D eigenvalue weighted by Gasteiger charge is 2.20. The molecule has 1 fully saturated rings. The molecule has 0 amide bonds. The third kappa shape index (κ3) is 3.79. The van der Waals surface area contributed by atoms with Gasteiger partial charge in [0.2, 0.25) is 0 Å². The van der Waals surface area contributed by atoms with E-state index in [2.05, 4.69) is 41.4 Å². The summed E-state index contributed by atoms with van der Waals surface area (Å²) in [6.45, 7) is 4.41. The monoisotopic (exact) mass is 266 g/mol. The molecule has 2 atom stereocenters. The molecule has 1 aliphatic carbocycles. The van der Waals surface area contributed by atoms with E-state index in [1.54, 1.807) is 0 Å². The lowest BCUT2D eigenvalue weighted by Crippen LogP contribution is -2.35. The van der Waals surface area contributed by atoms with Gasteiger partial charge >= 0.3 is 0 Å². The van der Waals surface area contributed by atoms with E-state index in [9.17, 15) is 0 Å². The molecule has 0 spiro atoms. The summed E-state index contributed by atoms with van der Waals surface area (Å²) in [6.07, 6.45) is 11.1. The first kappa shape index (κ1) is 14.0. The van der Waals surface area contributed by atoms with Crippen molar-refractivity contribution in [2.75, 3.05) is 6.26 Å². The Kier molecular flexibility index (Phi) is 5.64. The Morgan fingerprint density at radius 1 is 1.44 bits per heavy atom. The van der Waals surface area contributed by atoms with Crippen molar-refractivity contribution in [3.05, 3.63) is 24.0 Å². The molecule has 2 unspecified atom stereocenters. The van der Waals surface area contributed by atoms with Gasteiger partial charge in [-0.1, -0.05) is 13.3 Å². The fraction of sp³-hybridized carbons (Fsp3) is 0.733. The predicted molar refractivity (Wildman–Crippen MR) is 81.1 cm³/mol. The average Bonchev–Trinajstić information content (AvgIpc) is 2.85. The van der Waals surface area contributed by atoms with Gasteiger partial charge in [-0.15, -0.1) is 0 Å². The summed E-state index contributed by atoms with van der Waals surface area (Å²) < 4.78 is 2.38. The van der Waals surface area contributed by atoms with E-state index < -0.39 is 0 Å². The fourth-order valence-corrected chi connectivity index (χ4v) is 3.69. The maximum Gasteiger partial charge on any atom is 0.0361 e. The lowest BCUT2D eigenvalue weighted by Gasteiger charge is -2.29. The quantitative estimate of drug-likeness (QED) is 0.846. The van der Waals surface area contributed by atoms with Gasteiger partial charge < -0.3 is 9.88 Å². The molecule has 0 bridgehead atoms. The van der Waals surface area contributed by atoms with Crippen LogP contribution in [0, 0.1) is 0 Å². The minimum Gasteiger partial charge on any atom is -0.350 e. The lowest BCUT2D eigenvalue weighted by molar-refractivity contribution is 0.375. The second kappa shape index (κ2) is 7.25. The first-order chi connectivity index (χ1) is 8.83. The first-order valence-corrected chi connectivity index (χ1v) is 8.52. The van der Waals surface area contributed by atoms with Crippen molar-refractivity contribution in [3.8, 4) is 0 Å². The van der Waals surface area contributed by atoms with Crippen LogP contribution in [0.3, 0.4) is 0 Å².